The fraction of sp³-hybridized carbons (Fsp3) is 0.632. The molecule has 0 radical (unpaired) electrons. The van der Waals surface area contributed by atoms with Gasteiger partial charge in [0.1, 0.15) is 17.6 Å². The molecule has 2 saturated carbocycles. The molecule has 2 saturated heterocycles. The summed E-state index contributed by atoms with van der Waals surface area (Å²) in [5, 5.41) is 0. The first kappa shape index (κ1) is 17.4. The molecule has 0 aromatic carbocycles. The van der Waals surface area contributed by atoms with Crippen molar-refractivity contribution in [1.29, 1.82) is 0 Å². The number of halogens is 1. The molecule has 2 N–H and O–H groups in total. The molecular weight excluding hydrogens is 337 g/mol. The second-order valence-electron chi connectivity index (χ2n) is 7.96. The van der Waals surface area contributed by atoms with E-state index in [1.807, 2.05) is 0 Å². The van der Waals surface area contributed by atoms with E-state index in [1.54, 1.807) is 4.90 Å². The number of esters is 1. The molecule has 4 aliphatic rings. The van der Waals surface area contributed by atoms with Gasteiger partial charge in [0.2, 0.25) is 0 Å². The molecule has 0 unspecified atom stereocenters. The van der Waals surface area contributed by atoms with Gasteiger partial charge in [-0.2, -0.15) is 0 Å². The van der Waals surface area contributed by atoms with Gasteiger partial charge in [-0.3, -0.25) is 9.59 Å². The first-order valence-corrected chi connectivity index (χ1v) is 9.32. The third kappa shape index (κ3) is 3.20. The van der Waals surface area contributed by atoms with Crippen LogP contribution < -0.4 is 5.73 Å². The maximum Gasteiger partial charge on any atom is 0.309 e. The lowest BCUT2D eigenvalue weighted by Crippen LogP contribution is -2.61. The summed E-state index contributed by atoms with van der Waals surface area (Å²) in [6.07, 6.45) is 4.06. The Morgan fingerprint density at radius 3 is 2.73 bits per heavy atom. The van der Waals surface area contributed by atoms with Gasteiger partial charge < -0.3 is 15.4 Å². The quantitative estimate of drug-likeness (QED) is 0.829. The maximum atomic E-state index is 13.1. The number of hydrogen-bond donors (Lipinski definition) is 1. The summed E-state index contributed by atoms with van der Waals surface area (Å²) in [5.74, 6) is -0.531. The van der Waals surface area contributed by atoms with Gasteiger partial charge in [0.05, 0.1) is 18.2 Å². The molecule has 5 atom stereocenters. The van der Waals surface area contributed by atoms with E-state index in [9.17, 15) is 14.0 Å². The van der Waals surface area contributed by atoms with Gasteiger partial charge in [-0.05, 0) is 49.7 Å². The second kappa shape index (κ2) is 6.61. The molecule has 2 aliphatic carbocycles. The molecule has 1 amide bonds. The monoisotopic (exact) mass is 361 g/mol. The Morgan fingerprint density at radius 1 is 1.31 bits per heavy atom. The summed E-state index contributed by atoms with van der Waals surface area (Å²) < 4.78 is 19.0. The van der Waals surface area contributed by atoms with Crippen LogP contribution in [0.3, 0.4) is 0 Å². The average molecular weight is 361 g/mol. The van der Waals surface area contributed by atoms with Gasteiger partial charge in [0.25, 0.3) is 5.91 Å². The van der Waals surface area contributed by atoms with Crippen molar-refractivity contribution in [2.75, 3.05) is 6.54 Å². The molecule has 140 valence electrons. The van der Waals surface area contributed by atoms with E-state index >= 15 is 0 Å². The van der Waals surface area contributed by atoms with Crippen LogP contribution in [0.2, 0.25) is 0 Å². The fourth-order valence-corrected chi connectivity index (χ4v) is 4.42. The van der Waals surface area contributed by atoms with Crippen LogP contribution in [0.4, 0.5) is 4.39 Å². The topological polar surface area (TPSA) is 85.5 Å². The lowest BCUT2D eigenvalue weighted by molar-refractivity contribution is -0.157. The molecule has 1 aromatic heterocycles. The SMILES string of the molecule is C[C@@H]1C[C@@H]2C[C@H](N)[C@@H]([C@@H]1OC(=O)C1CC1)N(C(=O)c1ccc(F)cn1)C2. The van der Waals surface area contributed by atoms with Gasteiger partial charge in [-0.15, -0.1) is 0 Å². The number of piperidine rings is 1. The zero-order valence-electron chi connectivity index (χ0n) is 14.8. The zero-order chi connectivity index (χ0) is 18.4. The minimum absolute atomic E-state index is 0.00166. The van der Waals surface area contributed by atoms with Gasteiger partial charge in [0.15, 0.2) is 0 Å². The number of amides is 1. The van der Waals surface area contributed by atoms with E-state index in [2.05, 4.69) is 11.9 Å². The summed E-state index contributed by atoms with van der Waals surface area (Å²) in [6.45, 7) is 2.63. The molecule has 26 heavy (non-hydrogen) atoms. The molecule has 4 fully saturated rings. The number of pyridine rings is 1. The molecule has 0 spiro atoms. The summed E-state index contributed by atoms with van der Waals surface area (Å²) in [4.78, 5) is 30.9. The molecule has 1 aromatic rings. The second-order valence-corrected chi connectivity index (χ2v) is 7.96. The van der Waals surface area contributed by atoms with Crippen LogP contribution in [0.5, 0.6) is 0 Å². The largest absolute Gasteiger partial charge is 0.460 e. The lowest BCUT2D eigenvalue weighted by Gasteiger charge is -2.43. The van der Waals surface area contributed by atoms with Gasteiger partial charge in [-0.25, -0.2) is 9.37 Å². The van der Waals surface area contributed by atoms with E-state index < -0.39 is 11.9 Å². The van der Waals surface area contributed by atoms with Crippen LogP contribution in [0.1, 0.15) is 43.1 Å². The normalized spacial score (nSPS) is 33.7. The van der Waals surface area contributed by atoms with Gasteiger partial charge in [-0.1, -0.05) is 6.92 Å². The van der Waals surface area contributed by atoms with E-state index in [-0.39, 0.29) is 47.4 Å². The number of nitrogens with zero attached hydrogens (tertiary/aromatic N) is 2. The highest BCUT2D eigenvalue weighted by Crippen LogP contribution is 2.40. The average Bonchev–Trinajstić information content (AvgIpc) is 3.45. The molecule has 5 rings (SSSR count). The van der Waals surface area contributed by atoms with Crippen molar-refractivity contribution in [2.45, 2.75) is 50.8 Å². The summed E-state index contributed by atoms with van der Waals surface area (Å²) in [7, 11) is 0. The van der Waals surface area contributed by atoms with Crippen LogP contribution in [-0.2, 0) is 9.53 Å². The number of nitrogens with two attached hydrogens (primary N) is 1. The number of hydrogen-bond acceptors (Lipinski definition) is 5. The highest BCUT2D eigenvalue weighted by Gasteiger charge is 2.50. The Kier molecular flexibility index (Phi) is 4.42. The third-order valence-corrected chi connectivity index (χ3v) is 5.83. The molecular formula is C19H24FN3O3. The minimum atomic E-state index is -0.486. The van der Waals surface area contributed by atoms with Crippen molar-refractivity contribution < 1.29 is 18.7 Å². The van der Waals surface area contributed by atoms with E-state index in [4.69, 9.17) is 10.5 Å². The first-order chi connectivity index (χ1) is 12.4. The highest BCUT2D eigenvalue weighted by atomic mass is 19.1. The fourth-order valence-electron chi connectivity index (χ4n) is 4.42. The van der Waals surface area contributed by atoms with Crippen molar-refractivity contribution >= 4 is 11.9 Å². The van der Waals surface area contributed by atoms with Crippen molar-refractivity contribution in [3.8, 4) is 0 Å². The zero-order valence-corrected chi connectivity index (χ0v) is 14.8. The smallest absolute Gasteiger partial charge is 0.309 e. The van der Waals surface area contributed by atoms with Gasteiger partial charge >= 0.3 is 5.97 Å². The number of rotatable bonds is 3. The van der Waals surface area contributed by atoms with E-state index in [0.29, 0.717) is 6.54 Å². The standard InChI is InChI=1S/C19H24FN3O3/c1-10-6-11-7-14(21)16(17(10)26-19(25)12-2-3-12)23(9-11)18(24)15-5-4-13(20)8-22-15/h4-5,8,10-12,14,16-17H,2-3,6-7,9,21H2,1H3/t10-,11-,14+,16+,17-/m1/s1. The van der Waals surface area contributed by atoms with Crippen LogP contribution in [0.15, 0.2) is 18.3 Å². The Balaban J connectivity index is 1.62. The molecule has 2 bridgehead atoms. The van der Waals surface area contributed by atoms with E-state index in [0.717, 1.165) is 31.9 Å². The van der Waals surface area contributed by atoms with Crippen LogP contribution in [0.25, 0.3) is 0 Å². The third-order valence-electron chi connectivity index (χ3n) is 5.83. The molecule has 3 heterocycles. The number of aromatic nitrogens is 1. The molecule has 2 aliphatic heterocycles. The van der Waals surface area contributed by atoms with Crippen molar-refractivity contribution in [3.05, 3.63) is 29.8 Å². The Labute approximate surface area is 151 Å². The van der Waals surface area contributed by atoms with Crippen molar-refractivity contribution in [1.82, 2.24) is 9.88 Å². The summed E-state index contributed by atoms with van der Waals surface area (Å²) >= 11 is 0. The maximum absolute atomic E-state index is 13.1. The number of carbonyl (C=O) groups excluding carboxylic acids is 2. The number of carbonyl (C=O) groups is 2. The predicted molar refractivity (Wildman–Crippen MR) is 91.5 cm³/mol. The van der Waals surface area contributed by atoms with Crippen molar-refractivity contribution in [3.63, 3.8) is 0 Å². The summed E-state index contributed by atoms with van der Waals surface area (Å²) in [5.41, 5.74) is 6.59. The first-order valence-electron chi connectivity index (χ1n) is 9.32. The van der Waals surface area contributed by atoms with E-state index in [1.165, 1.54) is 12.1 Å². The van der Waals surface area contributed by atoms with Crippen LogP contribution >= 0.6 is 0 Å². The minimum Gasteiger partial charge on any atom is -0.460 e. The molecule has 7 heteroatoms. The number of ether oxygens (including phenoxy) is 1. The lowest BCUT2D eigenvalue weighted by atomic mass is 9.90. The van der Waals surface area contributed by atoms with Crippen molar-refractivity contribution in [2.24, 2.45) is 23.5 Å². The van der Waals surface area contributed by atoms with Crippen LogP contribution in [0, 0.1) is 23.6 Å². The van der Waals surface area contributed by atoms with Gasteiger partial charge in [0, 0.05) is 12.6 Å². The Morgan fingerprint density at radius 2 is 2.08 bits per heavy atom. The van der Waals surface area contributed by atoms with Crippen LogP contribution in [-0.4, -0.2) is 46.5 Å². The summed E-state index contributed by atoms with van der Waals surface area (Å²) in [6, 6.07) is 1.99. The number of fused-ring (bicyclic) bond motifs is 4. The highest BCUT2D eigenvalue weighted by molar-refractivity contribution is 5.92. The predicted octanol–water partition coefficient (Wildman–Crippen LogP) is 1.74. The Bertz CT molecular complexity index is 706. The Hall–Kier alpha value is -2.02. The molecule has 6 nitrogen and oxygen atoms in total.